The summed E-state index contributed by atoms with van der Waals surface area (Å²) in [6, 6.07) is 11.0. The maximum absolute atomic E-state index is 13.9. The lowest BCUT2D eigenvalue weighted by Gasteiger charge is -2.44. The lowest BCUT2D eigenvalue weighted by Crippen LogP contribution is -2.57. The van der Waals surface area contributed by atoms with Crippen molar-refractivity contribution in [3.63, 3.8) is 0 Å². The predicted octanol–water partition coefficient (Wildman–Crippen LogP) is 2.96. The molecule has 0 N–H and O–H groups in total. The summed E-state index contributed by atoms with van der Waals surface area (Å²) in [4.78, 5) is 56.3. The number of ketones is 1. The lowest BCUT2D eigenvalue weighted by atomic mass is 10.0. The maximum atomic E-state index is 13.9. The van der Waals surface area contributed by atoms with Crippen LogP contribution in [0.4, 0.5) is 4.39 Å². The van der Waals surface area contributed by atoms with Crippen molar-refractivity contribution in [2.45, 2.75) is 39.0 Å². The highest BCUT2D eigenvalue weighted by atomic mass is 19.1. The van der Waals surface area contributed by atoms with Crippen molar-refractivity contribution < 1.29 is 28.3 Å². The van der Waals surface area contributed by atoms with Gasteiger partial charge in [-0.3, -0.25) is 24.1 Å². The molecule has 10 heteroatoms. The molecule has 2 heterocycles. The molecule has 206 valence electrons. The third kappa shape index (κ3) is 5.85. The number of benzene rings is 2. The first-order valence-corrected chi connectivity index (χ1v) is 12.7. The second-order valence-electron chi connectivity index (χ2n) is 10.2. The second-order valence-corrected chi connectivity index (χ2v) is 10.2. The van der Waals surface area contributed by atoms with Crippen molar-refractivity contribution in [3.05, 3.63) is 71.2 Å². The molecule has 1 fully saturated rings. The molecule has 4 rings (SSSR count). The monoisotopic (exact) mass is 536 g/mol. The molecular formula is C29H33FN4O5. The average Bonchev–Trinajstić information content (AvgIpc) is 3.27. The summed E-state index contributed by atoms with van der Waals surface area (Å²) in [5.41, 5.74) is 2.07. The van der Waals surface area contributed by atoms with Gasteiger partial charge in [-0.15, -0.1) is 0 Å². The van der Waals surface area contributed by atoms with Gasteiger partial charge in [-0.05, 0) is 49.7 Å². The Morgan fingerprint density at radius 1 is 1.00 bits per heavy atom. The number of Topliss-reactive ketones (excluding diaryl/α,β-unsaturated/α-hetero) is 1. The fraction of sp³-hybridized carbons (Fsp3) is 0.379. The Balaban J connectivity index is 1.65. The van der Waals surface area contributed by atoms with E-state index in [-0.39, 0.29) is 35.9 Å². The van der Waals surface area contributed by atoms with E-state index < -0.39 is 17.7 Å². The van der Waals surface area contributed by atoms with Crippen LogP contribution in [0, 0.1) is 5.82 Å². The smallest absolute Gasteiger partial charge is 0.325 e. The molecule has 3 aromatic rings. The molecule has 2 amide bonds. The summed E-state index contributed by atoms with van der Waals surface area (Å²) >= 11 is 0. The number of carbonyl (C=O) groups excluding carboxylic acids is 4. The van der Waals surface area contributed by atoms with Crippen molar-refractivity contribution in [3.8, 4) is 0 Å². The molecule has 9 nitrogen and oxygen atoms in total. The van der Waals surface area contributed by atoms with Crippen molar-refractivity contribution in [2.75, 3.05) is 34.3 Å². The Labute approximate surface area is 226 Å². The first-order valence-electron chi connectivity index (χ1n) is 12.7. The van der Waals surface area contributed by atoms with Crippen LogP contribution in [-0.2, 0) is 27.4 Å². The van der Waals surface area contributed by atoms with Crippen molar-refractivity contribution in [2.24, 2.45) is 0 Å². The molecule has 0 bridgehead atoms. The Hall–Kier alpha value is -4.05. The molecule has 1 aliphatic rings. The van der Waals surface area contributed by atoms with E-state index in [1.54, 1.807) is 39.9 Å². The van der Waals surface area contributed by atoms with Crippen LogP contribution in [0.15, 0.2) is 48.7 Å². The molecule has 0 radical (unpaired) electrons. The number of hydrogen-bond donors (Lipinski definition) is 0. The molecule has 2 aromatic carbocycles. The van der Waals surface area contributed by atoms with E-state index in [0.717, 1.165) is 5.56 Å². The van der Waals surface area contributed by atoms with Gasteiger partial charge in [-0.2, -0.15) is 0 Å². The Morgan fingerprint density at radius 3 is 2.33 bits per heavy atom. The number of hydrogen-bond acceptors (Lipinski definition) is 6. The highest BCUT2D eigenvalue weighted by molar-refractivity contribution is 6.43. The van der Waals surface area contributed by atoms with Gasteiger partial charge >= 0.3 is 5.97 Å². The average molecular weight is 537 g/mol. The van der Waals surface area contributed by atoms with Gasteiger partial charge in [0, 0.05) is 68.5 Å². The molecule has 1 aliphatic heterocycles. The maximum Gasteiger partial charge on any atom is 0.325 e. The summed E-state index contributed by atoms with van der Waals surface area (Å²) in [6.07, 6.45) is 1.61. The summed E-state index contributed by atoms with van der Waals surface area (Å²) < 4.78 is 19.8. The van der Waals surface area contributed by atoms with Crippen LogP contribution < -0.4 is 0 Å². The first-order chi connectivity index (χ1) is 18.5. The van der Waals surface area contributed by atoms with E-state index in [4.69, 9.17) is 4.74 Å². The Kier molecular flexibility index (Phi) is 8.15. The summed E-state index contributed by atoms with van der Waals surface area (Å²) in [5.74, 6) is -2.34. The summed E-state index contributed by atoms with van der Waals surface area (Å²) in [5, 5.41) is 0.481. The zero-order valence-electron chi connectivity index (χ0n) is 22.8. The molecule has 0 saturated carbocycles. The minimum atomic E-state index is -0.683. The third-order valence-corrected chi connectivity index (χ3v) is 7.18. The van der Waals surface area contributed by atoms with Gasteiger partial charge in [-0.25, -0.2) is 4.39 Å². The highest BCUT2D eigenvalue weighted by Crippen LogP contribution is 2.28. The number of methoxy groups -OCH3 is 1. The quantitative estimate of drug-likeness (QED) is 0.262. The minimum absolute atomic E-state index is 0.0356. The largest absolute Gasteiger partial charge is 0.468 e. The first kappa shape index (κ1) is 28.0. The molecular weight excluding hydrogens is 503 g/mol. The van der Waals surface area contributed by atoms with E-state index in [1.807, 2.05) is 13.8 Å². The van der Waals surface area contributed by atoms with Crippen LogP contribution in [0.25, 0.3) is 10.9 Å². The standard InChI is InChI=1S/C29H33FN4O5/c1-18-14-34(19(2)13-32(18)15-20-6-9-22(30)10-7-20)28(37)24-16-33(17-26(35)39-5)25-11-8-21(12-23(24)25)27(36)29(38)31(3)4/h6-12,16,18-19H,13-15,17H2,1-5H3/t18-,19+/m0/s1. The fourth-order valence-corrected chi connectivity index (χ4v) is 4.95. The van der Waals surface area contributed by atoms with Crippen molar-refractivity contribution >= 4 is 34.5 Å². The van der Waals surface area contributed by atoms with Crippen LogP contribution >= 0.6 is 0 Å². The zero-order chi connectivity index (χ0) is 28.4. The van der Waals surface area contributed by atoms with Gasteiger partial charge in [0.2, 0.25) is 5.78 Å². The number of amides is 2. The van der Waals surface area contributed by atoms with Crippen LogP contribution in [0.3, 0.4) is 0 Å². The summed E-state index contributed by atoms with van der Waals surface area (Å²) in [6.45, 7) is 5.62. The Bertz CT molecular complexity index is 1420. The van der Waals surface area contributed by atoms with E-state index in [2.05, 4.69) is 4.90 Å². The highest BCUT2D eigenvalue weighted by Gasteiger charge is 2.34. The zero-order valence-corrected chi connectivity index (χ0v) is 22.8. The number of esters is 1. The minimum Gasteiger partial charge on any atom is -0.468 e. The van der Waals surface area contributed by atoms with E-state index in [9.17, 15) is 23.6 Å². The van der Waals surface area contributed by atoms with Crippen LogP contribution in [0.5, 0.6) is 0 Å². The number of likely N-dealkylation sites (N-methyl/N-ethyl adjacent to an activating group) is 1. The summed E-state index contributed by atoms with van der Waals surface area (Å²) in [7, 11) is 4.29. The molecule has 0 spiro atoms. The predicted molar refractivity (Wildman–Crippen MR) is 144 cm³/mol. The number of aromatic nitrogens is 1. The SMILES string of the molecule is COC(=O)Cn1cc(C(=O)N2C[C@H](C)N(Cc3ccc(F)cc3)C[C@H]2C)c2cc(C(=O)C(=O)N(C)C)ccc21. The van der Waals surface area contributed by atoms with Crippen molar-refractivity contribution in [1.82, 2.24) is 19.3 Å². The molecule has 1 aromatic heterocycles. The van der Waals surface area contributed by atoms with Crippen LogP contribution in [-0.4, -0.2) is 89.2 Å². The number of rotatable bonds is 7. The van der Waals surface area contributed by atoms with Crippen molar-refractivity contribution in [1.29, 1.82) is 0 Å². The Morgan fingerprint density at radius 2 is 1.69 bits per heavy atom. The van der Waals surface area contributed by atoms with Gasteiger partial charge in [0.15, 0.2) is 0 Å². The van der Waals surface area contributed by atoms with Crippen LogP contribution in [0.1, 0.15) is 40.1 Å². The van der Waals surface area contributed by atoms with E-state index in [1.165, 1.54) is 44.3 Å². The number of nitrogens with zero attached hydrogens (tertiary/aromatic N) is 4. The fourth-order valence-electron chi connectivity index (χ4n) is 4.95. The lowest BCUT2D eigenvalue weighted by molar-refractivity contribution is -0.141. The van der Waals surface area contributed by atoms with Gasteiger partial charge < -0.3 is 19.1 Å². The topological polar surface area (TPSA) is 92.2 Å². The second kappa shape index (κ2) is 11.4. The molecule has 0 unspecified atom stereocenters. The molecule has 39 heavy (non-hydrogen) atoms. The third-order valence-electron chi connectivity index (χ3n) is 7.18. The van der Waals surface area contributed by atoms with Gasteiger partial charge in [0.05, 0.1) is 12.7 Å². The number of ether oxygens (including phenoxy) is 1. The number of halogens is 1. The van der Waals surface area contributed by atoms with Gasteiger partial charge in [0.25, 0.3) is 11.8 Å². The number of fused-ring (bicyclic) bond motifs is 1. The van der Waals surface area contributed by atoms with Gasteiger partial charge in [0.1, 0.15) is 12.4 Å². The number of carbonyl (C=O) groups is 4. The normalized spacial score (nSPS) is 17.7. The van der Waals surface area contributed by atoms with Gasteiger partial charge in [-0.1, -0.05) is 12.1 Å². The number of piperazine rings is 1. The molecule has 1 saturated heterocycles. The van der Waals surface area contributed by atoms with E-state index >= 15 is 0 Å². The molecule has 2 atom stereocenters. The molecule has 0 aliphatic carbocycles. The van der Waals surface area contributed by atoms with E-state index in [0.29, 0.717) is 36.1 Å². The van der Waals surface area contributed by atoms with Crippen LogP contribution in [0.2, 0.25) is 0 Å².